The molecule has 78 valence electrons. The average Bonchev–Trinajstić information content (AvgIpc) is 2.02. The van der Waals surface area contributed by atoms with Gasteiger partial charge in [0, 0.05) is 18.3 Å². The third kappa shape index (κ3) is 3.32. The SMILES string of the molecule is CC(C)c1ncc(CC(F)(F)F)cn1. The molecule has 0 fully saturated rings. The largest absolute Gasteiger partial charge is 0.393 e. The molecule has 0 atom stereocenters. The molecule has 0 saturated heterocycles. The Morgan fingerprint density at radius 3 is 2.07 bits per heavy atom. The van der Waals surface area contributed by atoms with Crippen molar-refractivity contribution in [3.8, 4) is 0 Å². The summed E-state index contributed by atoms with van der Waals surface area (Å²) < 4.78 is 35.8. The van der Waals surface area contributed by atoms with E-state index in [9.17, 15) is 13.2 Å². The van der Waals surface area contributed by atoms with Crippen molar-refractivity contribution in [3.63, 3.8) is 0 Å². The molecule has 14 heavy (non-hydrogen) atoms. The molecule has 5 heteroatoms. The highest BCUT2D eigenvalue weighted by Crippen LogP contribution is 2.20. The second kappa shape index (κ2) is 3.94. The van der Waals surface area contributed by atoms with Crippen LogP contribution in [-0.2, 0) is 6.42 Å². The van der Waals surface area contributed by atoms with E-state index < -0.39 is 12.6 Å². The summed E-state index contributed by atoms with van der Waals surface area (Å²) in [6.07, 6.45) is -2.69. The lowest BCUT2D eigenvalue weighted by Gasteiger charge is -2.07. The van der Waals surface area contributed by atoms with Crippen LogP contribution in [0, 0.1) is 0 Å². The lowest BCUT2D eigenvalue weighted by atomic mass is 10.2. The topological polar surface area (TPSA) is 25.8 Å². The third-order valence-corrected chi connectivity index (χ3v) is 1.65. The van der Waals surface area contributed by atoms with Gasteiger partial charge in [0.1, 0.15) is 5.82 Å². The van der Waals surface area contributed by atoms with Gasteiger partial charge in [-0.05, 0) is 5.56 Å². The molecule has 0 aliphatic rings. The van der Waals surface area contributed by atoms with Crippen molar-refractivity contribution in [2.75, 3.05) is 0 Å². The van der Waals surface area contributed by atoms with E-state index >= 15 is 0 Å². The van der Waals surface area contributed by atoms with E-state index in [1.165, 1.54) is 12.4 Å². The summed E-state index contributed by atoms with van der Waals surface area (Å²) in [6.45, 7) is 3.78. The van der Waals surface area contributed by atoms with Crippen LogP contribution in [0.25, 0.3) is 0 Å². The van der Waals surface area contributed by atoms with E-state index in [1.54, 1.807) is 0 Å². The van der Waals surface area contributed by atoms with Gasteiger partial charge >= 0.3 is 6.18 Å². The van der Waals surface area contributed by atoms with Crippen LogP contribution >= 0.6 is 0 Å². The molecule has 0 spiro atoms. The van der Waals surface area contributed by atoms with Gasteiger partial charge in [0.15, 0.2) is 0 Å². The van der Waals surface area contributed by atoms with Crippen LogP contribution in [0.5, 0.6) is 0 Å². The Balaban J connectivity index is 2.74. The van der Waals surface area contributed by atoms with E-state index in [0.717, 1.165) is 0 Å². The van der Waals surface area contributed by atoms with Crippen molar-refractivity contribution in [1.82, 2.24) is 9.97 Å². The second-order valence-corrected chi connectivity index (χ2v) is 3.40. The van der Waals surface area contributed by atoms with Crippen molar-refractivity contribution in [3.05, 3.63) is 23.8 Å². The van der Waals surface area contributed by atoms with Crippen molar-refractivity contribution in [1.29, 1.82) is 0 Å². The van der Waals surface area contributed by atoms with Crippen LogP contribution in [0.15, 0.2) is 12.4 Å². The first kappa shape index (κ1) is 10.9. The minimum absolute atomic E-state index is 0.0990. The Bertz CT molecular complexity index is 290. The van der Waals surface area contributed by atoms with Crippen LogP contribution in [0.1, 0.15) is 31.2 Å². The molecule has 0 aliphatic heterocycles. The summed E-state index contributed by atoms with van der Waals surface area (Å²) in [7, 11) is 0. The Hall–Kier alpha value is -1.13. The summed E-state index contributed by atoms with van der Waals surface area (Å²) in [5.41, 5.74) is 0.0990. The van der Waals surface area contributed by atoms with Gasteiger partial charge in [0.2, 0.25) is 0 Å². The van der Waals surface area contributed by atoms with Gasteiger partial charge in [-0.15, -0.1) is 0 Å². The Labute approximate surface area is 80.2 Å². The van der Waals surface area contributed by atoms with Crippen LogP contribution in [0.3, 0.4) is 0 Å². The number of halogens is 3. The first-order chi connectivity index (χ1) is 6.38. The van der Waals surface area contributed by atoms with Gasteiger partial charge in [-0.3, -0.25) is 0 Å². The monoisotopic (exact) mass is 204 g/mol. The molecule has 1 heterocycles. The lowest BCUT2D eigenvalue weighted by molar-refractivity contribution is -0.127. The fourth-order valence-electron chi connectivity index (χ4n) is 0.986. The molecule has 0 aromatic carbocycles. The van der Waals surface area contributed by atoms with Crippen molar-refractivity contribution in [2.24, 2.45) is 0 Å². The first-order valence-electron chi connectivity index (χ1n) is 4.26. The van der Waals surface area contributed by atoms with Crippen LogP contribution < -0.4 is 0 Å². The molecule has 1 rings (SSSR count). The Morgan fingerprint density at radius 2 is 1.71 bits per heavy atom. The predicted molar refractivity (Wildman–Crippen MR) is 45.9 cm³/mol. The quantitative estimate of drug-likeness (QED) is 0.740. The van der Waals surface area contributed by atoms with Gasteiger partial charge in [0.25, 0.3) is 0 Å². The molecule has 1 aromatic heterocycles. The smallest absolute Gasteiger partial charge is 0.241 e. The molecule has 0 unspecified atom stereocenters. The van der Waals surface area contributed by atoms with Crippen LogP contribution in [0.4, 0.5) is 13.2 Å². The lowest BCUT2D eigenvalue weighted by Crippen LogP contribution is -2.12. The molecule has 0 radical (unpaired) electrons. The Morgan fingerprint density at radius 1 is 1.21 bits per heavy atom. The Kier molecular flexibility index (Phi) is 3.08. The summed E-state index contributed by atoms with van der Waals surface area (Å²) in [5, 5.41) is 0. The van der Waals surface area contributed by atoms with Gasteiger partial charge in [-0.25, -0.2) is 9.97 Å². The van der Waals surface area contributed by atoms with Gasteiger partial charge < -0.3 is 0 Å². The number of rotatable bonds is 2. The van der Waals surface area contributed by atoms with E-state index in [-0.39, 0.29) is 11.5 Å². The zero-order chi connectivity index (χ0) is 10.8. The molecular formula is C9H11F3N2. The molecule has 0 aliphatic carbocycles. The summed E-state index contributed by atoms with van der Waals surface area (Å²) in [6, 6.07) is 0. The standard InChI is InChI=1S/C9H11F3N2/c1-6(2)8-13-4-7(5-14-8)3-9(10,11)12/h4-6H,3H2,1-2H3. The minimum atomic E-state index is -4.19. The van der Waals surface area contributed by atoms with Crippen LogP contribution in [0.2, 0.25) is 0 Å². The van der Waals surface area contributed by atoms with Crippen molar-refractivity contribution in [2.45, 2.75) is 32.4 Å². The molecule has 0 amide bonds. The third-order valence-electron chi connectivity index (χ3n) is 1.65. The minimum Gasteiger partial charge on any atom is -0.241 e. The molecule has 1 aromatic rings. The highest BCUT2D eigenvalue weighted by Gasteiger charge is 2.27. The van der Waals surface area contributed by atoms with Gasteiger partial charge in [-0.1, -0.05) is 13.8 Å². The van der Waals surface area contributed by atoms with Gasteiger partial charge in [-0.2, -0.15) is 13.2 Å². The highest BCUT2D eigenvalue weighted by atomic mass is 19.4. The van der Waals surface area contributed by atoms with Gasteiger partial charge in [0.05, 0.1) is 6.42 Å². The second-order valence-electron chi connectivity index (χ2n) is 3.40. The molecule has 0 saturated carbocycles. The highest BCUT2D eigenvalue weighted by molar-refractivity contribution is 5.08. The first-order valence-corrected chi connectivity index (χ1v) is 4.26. The van der Waals surface area contributed by atoms with Crippen molar-refractivity contribution >= 4 is 0 Å². The maximum Gasteiger partial charge on any atom is 0.393 e. The van der Waals surface area contributed by atoms with Crippen molar-refractivity contribution < 1.29 is 13.2 Å². The normalized spacial score (nSPS) is 12.1. The number of hydrogen-bond acceptors (Lipinski definition) is 2. The fourth-order valence-corrected chi connectivity index (χ4v) is 0.986. The maximum atomic E-state index is 11.9. The zero-order valence-electron chi connectivity index (χ0n) is 7.97. The number of alkyl halides is 3. The van der Waals surface area contributed by atoms with Crippen LogP contribution in [-0.4, -0.2) is 16.1 Å². The van der Waals surface area contributed by atoms with E-state index in [2.05, 4.69) is 9.97 Å². The average molecular weight is 204 g/mol. The van der Waals surface area contributed by atoms with E-state index in [0.29, 0.717) is 5.82 Å². The predicted octanol–water partition coefficient (Wildman–Crippen LogP) is 2.70. The molecule has 0 bridgehead atoms. The number of nitrogens with zero attached hydrogens (tertiary/aromatic N) is 2. The summed E-state index contributed by atoms with van der Waals surface area (Å²) >= 11 is 0. The fraction of sp³-hybridized carbons (Fsp3) is 0.556. The maximum absolute atomic E-state index is 11.9. The molecule has 2 nitrogen and oxygen atoms in total. The number of aromatic nitrogens is 2. The zero-order valence-corrected chi connectivity index (χ0v) is 7.97. The van der Waals surface area contributed by atoms with E-state index in [4.69, 9.17) is 0 Å². The molecular weight excluding hydrogens is 193 g/mol. The summed E-state index contributed by atoms with van der Waals surface area (Å²) in [4.78, 5) is 7.70. The summed E-state index contributed by atoms with van der Waals surface area (Å²) in [5.74, 6) is 0.700. The van der Waals surface area contributed by atoms with E-state index in [1.807, 2.05) is 13.8 Å². The molecule has 0 N–H and O–H groups in total. The number of hydrogen-bond donors (Lipinski definition) is 0.